The minimum atomic E-state index is -0.313. The van der Waals surface area contributed by atoms with Crippen LogP contribution >= 0.6 is 15.9 Å². The predicted molar refractivity (Wildman–Crippen MR) is 100 cm³/mol. The molecule has 0 spiro atoms. The number of rotatable bonds is 6. The number of hydrogen-bond donors (Lipinski definition) is 1. The van der Waals surface area contributed by atoms with Crippen LogP contribution in [0.4, 0.5) is 4.39 Å². The van der Waals surface area contributed by atoms with E-state index in [2.05, 4.69) is 31.2 Å². The molecule has 2 heterocycles. The van der Waals surface area contributed by atoms with Gasteiger partial charge in [-0.25, -0.2) is 9.07 Å². The number of nitrogens with one attached hydrogen (secondary N) is 1. The van der Waals surface area contributed by atoms with E-state index in [1.54, 1.807) is 23.0 Å². The second-order valence-corrected chi connectivity index (χ2v) is 7.22. The third-order valence-electron chi connectivity index (χ3n) is 4.34. The lowest BCUT2D eigenvalue weighted by Crippen LogP contribution is -2.40. The molecular weight excluding hydrogens is 403 g/mol. The number of aromatic nitrogens is 2. The topological polar surface area (TPSA) is 59.4 Å². The first-order valence-corrected chi connectivity index (χ1v) is 9.44. The molecule has 2 aromatic rings. The number of carbonyl (C=O) groups is 1. The van der Waals surface area contributed by atoms with Crippen LogP contribution in [-0.4, -0.2) is 59.5 Å². The quantitative estimate of drug-likeness (QED) is 0.773. The summed E-state index contributed by atoms with van der Waals surface area (Å²) < 4.78 is 20.5. The van der Waals surface area contributed by atoms with Crippen molar-refractivity contribution in [2.24, 2.45) is 0 Å². The maximum absolute atomic E-state index is 13.1. The van der Waals surface area contributed by atoms with Gasteiger partial charge in [-0.1, -0.05) is 0 Å². The summed E-state index contributed by atoms with van der Waals surface area (Å²) >= 11 is 3.38. The Balaban J connectivity index is 1.57. The van der Waals surface area contributed by atoms with E-state index < -0.39 is 0 Å². The van der Waals surface area contributed by atoms with Gasteiger partial charge in [0.1, 0.15) is 5.82 Å². The van der Waals surface area contributed by atoms with Crippen LogP contribution < -0.4 is 5.32 Å². The molecule has 1 N–H and O–H groups in total. The number of amides is 1. The fourth-order valence-electron chi connectivity index (χ4n) is 2.80. The molecule has 1 aliphatic heterocycles. The summed E-state index contributed by atoms with van der Waals surface area (Å²) in [6.45, 7) is 6.34. The first-order chi connectivity index (χ1) is 12.5. The Morgan fingerprint density at radius 3 is 2.73 bits per heavy atom. The smallest absolute Gasteiger partial charge is 0.273 e. The van der Waals surface area contributed by atoms with Crippen molar-refractivity contribution in [3.8, 4) is 5.69 Å². The molecule has 0 aliphatic carbocycles. The Bertz CT molecular complexity index is 744. The number of morpholine rings is 1. The molecule has 0 bridgehead atoms. The fourth-order valence-corrected chi connectivity index (χ4v) is 3.25. The van der Waals surface area contributed by atoms with E-state index >= 15 is 0 Å². The second kappa shape index (κ2) is 8.75. The van der Waals surface area contributed by atoms with E-state index in [0.29, 0.717) is 15.9 Å². The van der Waals surface area contributed by atoms with Crippen LogP contribution in [0, 0.1) is 5.82 Å². The molecule has 1 atom stereocenters. The summed E-state index contributed by atoms with van der Waals surface area (Å²) in [5.41, 5.74) is 0.999. The zero-order chi connectivity index (χ0) is 18.5. The molecule has 1 aromatic carbocycles. The van der Waals surface area contributed by atoms with Crippen LogP contribution in [0.3, 0.4) is 0 Å². The molecule has 8 heteroatoms. The van der Waals surface area contributed by atoms with Crippen molar-refractivity contribution in [3.63, 3.8) is 0 Å². The van der Waals surface area contributed by atoms with Gasteiger partial charge in [0, 0.05) is 31.9 Å². The molecule has 1 unspecified atom stereocenters. The normalized spacial score (nSPS) is 16.4. The van der Waals surface area contributed by atoms with Crippen molar-refractivity contribution in [3.05, 3.63) is 46.4 Å². The van der Waals surface area contributed by atoms with E-state index in [9.17, 15) is 9.18 Å². The average molecular weight is 425 g/mol. The number of nitrogens with zero attached hydrogens (tertiary/aromatic N) is 3. The fraction of sp³-hybridized carbons (Fsp3) is 0.444. The van der Waals surface area contributed by atoms with Crippen molar-refractivity contribution in [2.75, 3.05) is 32.8 Å². The molecule has 0 saturated carbocycles. The summed E-state index contributed by atoms with van der Waals surface area (Å²) in [5, 5.41) is 7.31. The number of halogens is 2. The van der Waals surface area contributed by atoms with Gasteiger partial charge in [0.05, 0.1) is 23.4 Å². The summed E-state index contributed by atoms with van der Waals surface area (Å²) in [5.74, 6) is -0.542. The van der Waals surface area contributed by atoms with Gasteiger partial charge in [-0.05, 0) is 53.5 Å². The van der Waals surface area contributed by atoms with E-state index in [-0.39, 0.29) is 17.8 Å². The minimum Gasteiger partial charge on any atom is -0.379 e. The highest BCUT2D eigenvalue weighted by molar-refractivity contribution is 9.10. The summed E-state index contributed by atoms with van der Waals surface area (Å²) in [6.07, 6.45) is 2.56. The Morgan fingerprint density at radius 1 is 1.35 bits per heavy atom. The Hall–Kier alpha value is -1.77. The molecule has 3 rings (SSSR count). The van der Waals surface area contributed by atoms with Crippen LogP contribution in [0.25, 0.3) is 5.69 Å². The lowest BCUT2D eigenvalue weighted by atomic mass is 10.2. The number of hydrogen-bond acceptors (Lipinski definition) is 4. The molecule has 140 valence electrons. The molecule has 0 radical (unpaired) electrons. The second-order valence-electron chi connectivity index (χ2n) is 6.36. The molecule has 6 nitrogen and oxygen atoms in total. The minimum absolute atomic E-state index is 0.0354. The molecular formula is C18H22BrFN4O2. The van der Waals surface area contributed by atoms with Gasteiger partial charge < -0.3 is 10.1 Å². The first-order valence-electron chi connectivity index (χ1n) is 8.65. The SMILES string of the molecule is CC(CCN1CCOCC1)NC(=O)c1nn(-c2ccc(F)cc2)cc1Br. The number of carbonyl (C=O) groups excluding carboxylic acids is 1. The zero-order valence-corrected chi connectivity index (χ0v) is 16.2. The van der Waals surface area contributed by atoms with Gasteiger partial charge >= 0.3 is 0 Å². The molecule has 1 aliphatic rings. The van der Waals surface area contributed by atoms with Crippen LogP contribution in [0.1, 0.15) is 23.8 Å². The summed E-state index contributed by atoms with van der Waals surface area (Å²) in [7, 11) is 0. The highest BCUT2D eigenvalue weighted by Crippen LogP contribution is 2.18. The zero-order valence-electron chi connectivity index (χ0n) is 14.6. The first kappa shape index (κ1) is 19.0. The van der Waals surface area contributed by atoms with Gasteiger partial charge in [-0.3, -0.25) is 9.69 Å². The third-order valence-corrected chi connectivity index (χ3v) is 4.92. The van der Waals surface area contributed by atoms with Crippen molar-refractivity contribution >= 4 is 21.8 Å². The van der Waals surface area contributed by atoms with E-state index in [1.807, 2.05) is 6.92 Å². The van der Waals surface area contributed by atoms with E-state index in [1.165, 1.54) is 12.1 Å². The van der Waals surface area contributed by atoms with Gasteiger partial charge in [-0.2, -0.15) is 5.10 Å². The summed E-state index contributed by atoms with van der Waals surface area (Å²) in [4.78, 5) is 14.9. The molecule has 26 heavy (non-hydrogen) atoms. The Labute approximate surface area is 160 Å². The standard InChI is InChI=1S/C18H22BrFN4O2/c1-13(6-7-23-8-10-26-11-9-23)21-18(25)17-16(19)12-24(22-17)15-4-2-14(20)3-5-15/h2-5,12-13H,6-11H2,1H3,(H,21,25). The molecule has 1 saturated heterocycles. The largest absolute Gasteiger partial charge is 0.379 e. The van der Waals surface area contributed by atoms with Crippen LogP contribution in [0.5, 0.6) is 0 Å². The van der Waals surface area contributed by atoms with Crippen molar-refractivity contribution in [1.29, 1.82) is 0 Å². The molecule has 1 aromatic heterocycles. The van der Waals surface area contributed by atoms with Crippen molar-refractivity contribution in [1.82, 2.24) is 20.0 Å². The monoisotopic (exact) mass is 424 g/mol. The van der Waals surface area contributed by atoms with Crippen molar-refractivity contribution < 1.29 is 13.9 Å². The molecule has 1 fully saturated rings. The van der Waals surface area contributed by atoms with Crippen molar-refractivity contribution in [2.45, 2.75) is 19.4 Å². The third kappa shape index (κ3) is 4.90. The Morgan fingerprint density at radius 2 is 2.04 bits per heavy atom. The van der Waals surface area contributed by atoms with Crippen LogP contribution in [0.15, 0.2) is 34.9 Å². The van der Waals surface area contributed by atoms with Crippen LogP contribution in [-0.2, 0) is 4.74 Å². The highest BCUT2D eigenvalue weighted by atomic mass is 79.9. The van der Waals surface area contributed by atoms with E-state index in [4.69, 9.17) is 4.74 Å². The highest BCUT2D eigenvalue weighted by Gasteiger charge is 2.19. The predicted octanol–water partition coefficient (Wildman–Crippen LogP) is 2.61. The number of ether oxygens (including phenoxy) is 1. The lowest BCUT2D eigenvalue weighted by Gasteiger charge is -2.27. The maximum atomic E-state index is 13.1. The summed E-state index contributed by atoms with van der Waals surface area (Å²) in [6, 6.07) is 5.98. The Kier molecular flexibility index (Phi) is 6.39. The number of benzene rings is 1. The average Bonchev–Trinajstić information content (AvgIpc) is 3.03. The lowest BCUT2D eigenvalue weighted by molar-refractivity contribution is 0.0363. The van der Waals surface area contributed by atoms with Gasteiger partial charge in [-0.15, -0.1) is 0 Å². The maximum Gasteiger partial charge on any atom is 0.273 e. The van der Waals surface area contributed by atoms with E-state index in [0.717, 1.165) is 39.3 Å². The van der Waals surface area contributed by atoms with Gasteiger partial charge in [0.2, 0.25) is 0 Å². The van der Waals surface area contributed by atoms with Crippen LogP contribution in [0.2, 0.25) is 0 Å². The molecule has 1 amide bonds. The van der Waals surface area contributed by atoms with Gasteiger partial charge in [0.25, 0.3) is 5.91 Å². The van der Waals surface area contributed by atoms with Gasteiger partial charge in [0.15, 0.2) is 5.69 Å².